The summed E-state index contributed by atoms with van der Waals surface area (Å²) in [4.78, 5) is 71.7. The molecule has 382 valence electrons. The average Bonchev–Trinajstić information content (AvgIpc) is 3.30. The molecule has 0 spiro atoms. The first-order valence-electron chi connectivity index (χ1n) is 23.3. The number of carbonyl (C=O) groups excluding carboxylic acids is 6. The summed E-state index contributed by atoms with van der Waals surface area (Å²) in [6, 6.07) is 26.7. The number of benzene rings is 4. The third-order valence-electron chi connectivity index (χ3n) is 11.8. The van der Waals surface area contributed by atoms with Crippen LogP contribution in [-0.4, -0.2) is 91.8 Å². The molecule has 0 aliphatic carbocycles. The summed E-state index contributed by atoms with van der Waals surface area (Å²) in [5.41, 5.74) is 6.38. The fourth-order valence-corrected chi connectivity index (χ4v) is 9.06. The van der Waals surface area contributed by atoms with E-state index in [2.05, 4.69) is 0 Å². The second kappa shape index (κ2) is 25.9. The Bertz CT molecular complexity index is 2490. The number of ether oxygens (including phenoxy) is 9. The van der Waals surface area contributed by atoms with Crippen LogP contribution in [-0.2, 0) is 79.5 Å². The van der Waals surface area contributed by atoms with Crippen LogP contribution in [0.25, 0.3) is 0 Å². The zero-order valence-corrected chi connectivity index (χ0v) is 43.1. The molecule has 4 aromatic carbocycles. The van der Waals surface area contributed by atoms with E-state index in [4.69, 9.17) is 65.8 Å². The highest BCUT2D eigenvalue weighted by Gasteiger charge is 2.53. The highest BCUT2D eigenvalue weighted by Crippen LogP contribution is 2.41. The van der Waals surface area contributed by atoms with Gasteiger partial charge in [0, 0.05) is 51.6 Å². The Morgan fingerprint density at radius 3 is 1.11 bits per heavy atom. The summed E-state index contributed by atoms with van der Waals surface area (Å²) in [7, 11) is 1.61. The molecule has 0 radical (unpaired) electrons. The van der Waals surface area contributed by atoms with Gasteiger partial charge < -0.3 is 42.6 Å². The number of hydrogen-bond donors (Lipinski definition) is 0. The zero-order valence-electron chi connectivity index (χ0n) is 41.6. The van der Waals surface area contributed by atoms with Crippen molar-refractivity contribution in [3.8, 4) is 5.75 Å². The Labute approximate surface area is 424 Å². The minimum absolute atomic E-state index is 0.464. The maximum absolute atomic E-state index is 12.1. The summed E-state index contributed by atoms with van der Waals surface area (Å²) < 4.78 is 51.2. The second-order valence-corrected chi connectivity index (χ2v) is 18.2. The van der Waals surface area contributed by atoms with E-state index in [1.165, 1.54) is 41.5 Å². The number of methoxy groups -OCH3 is 1. The van der Waals surface area contributed by atoms with Crippen LogP contribution in [0, 0.1) is 6.92 Å². The average molecular weight is 1020 g/mol. The molecule has 4 aromatic rings. The molecule has 17 heteroatoms. The van der Waals surface area contributed by atoms with Crippen molar-refractivity contribution in [1.82, 2.24) is 0 Å². The van der Waals surface area contributed by atoms with Crippen molar-refractivity contribution < 1.29 is 71.4 Å². The van der Waals surface area contributed by atoms with E-state index in [-0.39, 0.29) is 0 Å². The van der Waals surface area contributed by atoms with Gasteiger partial charge in [0.1, 0.15) is 18.0 Å². The maximum atomic E-state index is 12.1. The highest BCUT2D eigenvalue weighted by atomic mass is 35.5. The van der Waals surface area contributed by atoms with Gasteiger partial charge in [-0.25, -0.2) is 0 Å². The normalized spacial score (nSPS) is 23.7. The highest BCUT2D eigenvalue weighted by molar-refractivity contribution is 6.31. The van der Waals surface area contributed by atoms with Crippen LogP contribution in [0.15, 0.2) is 84.9 Å². The summed E-state index contributed by atoms with van der Waals surface area (Å²) in [6.45, 7) is 13.3. The van der Waals surface area contributed by atoms with Crippen LogP contribution in [0.5, 0.6) is 5.75 Å². The van der Waals surface area contributed by atoms with E-state index in [0.29, 0.717) is 46.9 Å². The van der Waals surface area contributed by atoms with Crippen LogP contribution < -0.4 is 4.74 Å². The standard InChI is InChI=1S/C27H31ClO8.C27H31ClO7/c1-6-23-25(33-15(2)29)27(35-17(4)31)26(34-16(3)30)24(36-23)19-9-12-22(28)20(14-19)13-18-7-10-21(32-5)11-8-18;1-6-23-25(32-16(3)29)27(34-18(5)31)26(33-17(4)30)24(35-23)20-11-12-22(28)21(14-20)13-19-9-7-15(2)8-10-19/h7-12,14,23-27H,6,13H2,1-5H3;7-12,14,23-27H,6,13H2,1-5H3/t2*23-,24+,25-,26+,27+/m11/s1. The van der Waals surface area contributed by atoms with Gasteiger partial charge in [0.15, 0.2) is 36.6 Å². The summed E-state index contributed by atoms with van der Waals surface area (Å²) in [5, 5.41) is 1.16. The van der Waals surface area contributed by atoms with Crippen molar-refractivity contribution in [1.29, 1.82) is 0 Å². The molecule has 0 saturated carbocycles. The van der Waals surface area contributed by atoms with Crippen molar-refractivity contribution in [3.63, 3.8) is 0 Å². The summed E-state index contributed by atoms with van der Waals surface area (Å²) >= 11 is 13.0. The molecule has 0 unspecified atom stereocenters. The Morgan fingerprint density at radius 2 is 0.789 bits per heavy atom. The van der Waals surface area contributed by atoms with E-state index < -0.39 is 96.9 Å². The predicted octanol–water partition coefficient (Wildman–Crippen LogP) is 9.47. The van der Waals surface area contributed by atoms with E-state index in [0.717, 1.165) is 33.6 Å². The third-order valence-corrected chi connectivity index (χ3v) is 12.5. The number of aryl methyl sites for hydroxylation is 1. The number of halogens is 2. The first-order valence-corrected chi connectivity index (χ1v) is 24.1. The third kappa shape index (κ3) is 15.5. The van der Waals surface area contributed by atoms with Crippen molar-refractivity contribution in [2.45, 2.75) is 149 Å². The molecule has 15 nitrogen and oxygen atoms in total. The lowest BCUT2D eigenvalue weighted by Gasteiger charge is -2.44. The van der Waals surface area contributed by atoms with Gasteiger partial charge in [-0.3, -0.25) is 28.8 Å². The quantitative estimate of drug-likeness (QED) is 0.0809. The Hall–Kier alpha value is -6.00. The molecular formula is C54H62Cl2O15. The van der Waals surface area contributed by atoms with Crippen LogP contribution in [0.3, 0.4) is 0 Å². The summed E-state index contributed by atoms with van der Waals surface area (Å²) in [5.74, 6) is -2.71. The van der Waals surface area contributed by atoms with E-state index in [1.807, 2.05) is 81.4 Å². The lowest BCUT2D eigenvalue weighted by atomic mass is 9.88. The lowest BCUT2D eigenvalue weighted by Crippen LogP contribution is -2.58. The van der Waals surface area contributed by atoms with Gasteiger partial charge in [-0.15, -0.1) is 0 Å². The van der Waals surface area contributed by atoms with E-state index >= 15 is 0 Å². The topological polar surface area (TPSA) is 185 Å². The van der Waals surface area contributed by atoms with Gasteiger partial charge in [0.2, 0.25) is 0 Å². The van der Waals surface area contributed by atoms with Crippen molar-refractivity contribution in [2.24, 2.45) is 0 Å². The Morgan fingerprint density at radius 1 is 0.465 bits per heavy atom. The number of rotatable bonds is 15. The van der Waals surface area contributed by atoms with Gasteiger partial charge in [-0.05, 0) is 90.3 Å². The molecule has 2 aliphatic rings. The van der Waals surface area contributed by atoms with Gasteiger partial charge in [-0.2, -0.15) is 0 Å². The maximum Gasteiger partial charge on any atom is 0.303 e. The Balaban J connectivity index is 0.000000264. The SMILES string of the molecule is CC[C@H]1O[C@@H](c2ccc(Cl)c(Cc3ccc(C)cc3)c2)[C@H](OC(C)=O)[C@@H](OC(C)=O)[C@@H]1OC(C)=O.CC[C@H]1O[C@@H](c2ccc(Cl)c(Cc3ccc(OC)cc3)c2)[C@H](OC(C)=O)[C@@H](OC(C)=O)[C@@H]1OC(C)=O. The van der Waals surface area contributed by atoms with Crippen LogP contribution in [0.1, 0.15) is 119 Å². The largest absolute Gasteiger partial charge is 0.497 e. The van der Waals surface area contributed by atoms with Crippen LogP contribution >= 0.6 is 23.2 Å². The first kappa shape index (κ1) is 55.9. The molecule has 2 saturated heterocycles. The van der Waals surface area contributed by atoms with Crippen molar-refractivity contribution >= 4 is 59.0 Å². The van der Waals surface area contributed by atoms with Gasteiger partial charge in [-0.1, -0.05) is 103 Å². The number of hydrogen-bond acceptors (Lipinski definition) is 15. The second-order valence-electron chi connectivity index (χ2n) is 17.3. The van der Waals surface area contributed by atoms with Gasteiger partial charge in [0.05, 0.1) is 19.3 Å². The summed E-state index contributed by atoms with van der Waals surface area (Å²) in [6.07, 6.45) is -6.72. The first-order chi connectivity index (χ1) is 33.7. The number of carbonyl (C=O) groups is 6. The molecule has 0 bridgehead atoms. The molecule has 0 aromatic heterocycles. The molecule has 0 N–H and O–H groups in total. The van der Waals surface area contributed by atoms with Crippen LogP contribution in [0.4, 0.5) is 0 Å². The molecule has 0 amide bonds. The molecular weight excluding hydrogens is 959 g/mol. The van der Waals surface area contributed by atoms with E-state index in [1.54, 1.807) is 31.4 Å². The van der Waals surface area contributed by atoms with Gasteiger partial charge >= 0.3 is 35.8 Å². The fourth-order valence-electron chi connectivity index (χ4n) is 8.69. The molecule has 2 heterocycles. The smallest absolute Gasteiger partial charge is 0.303 e. The van der Waals surface area contributed by atoms with Crippen molar-refractivity contribution in [3.05, 3.63) is 134 Å². The van der Waals surface area contributed by atoms with Crippen molar-refractivity contribution in [2.75, 3.05) is 7.11 Å². The fraction of sp³-hybridized carbons (Fsp3) is 0.444. The minimum Gasteiger partial charge on any atom is -0.497 e. The van der Waals surface area contributed by atoms with Gasteiger partial charge in [0.25, 0.3) is 0 Å². The molecule has 71 heavy (non-hydrogen) atoms. The predicted molar refractivity (Wildman–Crippen MR) is 262 cm³/mol. The number of esters is 6. The Kier molecular flexibility index (Phi) is 20.4. The van der Waals surface area contributed by atoms with Crippen LogP contribution in [0.2, 0.25) is 10.0 Å². The molecule has 10 atom stereocenters. The molecule has 6 rings (SSSR count). The monoisotopic (exact) mass is 1020 g/mol. The van der Waals surface area contributed by atoms with E-state index in [9.17, 15) is 28.8 Å². The molecule has 2 fully saturated rings. The lowest BCUT2D eigenvalue weighted by molar-refractivity contribution is -0.249. The zero-order chi connectivity index (χ0) is 52.1. The molecule has 2 aliphatic heterocycles. The minimum atomic E-state index is -1.06.